The Bertz CT molecular complexity index is 1020. The summed E-state index contributed by atoms with van der Waals surface area (Å²) in [5.74, 6) is 1.07. The van der Waals surface area contributed by atoms with Crippen LogP contribution in [0.4, 0.5) is 10.5 Å². The van der Waals surface area contributed by atoms with Gasteiger partial charge >= 0.3 is 6.03 Å². The molecule has 2 amide bonds. The molecule has 4 rings (SSSR count). The smallest absolute Gasteiger partial charge is 0.319 e. The summed E-state index contributed by atoms with van der Waals surface area (Å²) in [6.45, 7) is 2.35. The van der Waals surface area contributed by atoms with Gasteiger partial charge in [0.25, 0.3) is 0 Å². The van der Waals surface area contributed by atoms with E-state index in [0.29, 0.717) is 23.7 Å². The quantitative estimate of drug-likeness (QED) is 0.563. The van der Waals surface area contributed by atoms with Crippen LogP contribution in [0.15, 0.2) is 59.3 Å². The number of ether oxygens (including phenoxy) is 2. The summed E-state index contributed by atoms with van der Waals surface area (Å²) in [6, 6.07) is 16.0. The summed E-state index contributed by atoms with van der Waals surface area (Å²) < 4.78 is 10.7. The molecule has 0 fully saturated rings. The van der Waals surface area contributed by atoms with Crippen LogP contribution in [0, 0.1) is 0 Å². The number of hydrogen-bond acceptors (Lipinski definition) is 5. The van der Waals surface area contributed by atoms with E-state index in [0.717, 1.165) is 19.5 Å². The van der Waals surface area contributed by atoms with Crippen LogP contribution in [0.2, 0.25) is 0 Å². The molecule has 2 aromatic carbocycles. The lowest BCUT2D eigenvalue weighted by Crippen LogP contribution is -2.41. The molecule has 0 saturated carbocycles. The fourth-order valence-electron chi connectivity index (χ4n) is 4.05. The van der Waals surface area contributed by atoms with E-state index in [-0.39, 0.29) is 12.1 Å². The molecular weight excluding hydrogens is 410 g/mol. The molecule has 1 aliphatic rings. The van der Waals surface area contributed by atoms with Crippen molar-refractivity contribution in [3.63, 3.8) is 0 Å². The first-order chi connectivity index (χ1) is 15.2. The molecule has 0 saturated heterocycles. The second kappa shape index (κ2) is 9.85. The Hall–Kier alpha value is -3.03. The lowest BCUT2D eigenvalue weighted by molar-refractivity contribution is 0.176. The van der Waals surface area contributed by atoms with E-state index < -0.39 is 0 Å². The number of hydrogen-bond donors (Lipinski definition) is 2. The molecular formula is C24H27N3O3S. The Balaban J connectivity index is 1.45. The highest BCUT2D eigenvalue weighted by Gasteiger charge is 2.25. The van der Waals surface area contributed by atoms with E-state index in [4.69, 9.17) is 9.47 Å². The molecule has 0 bridgehead atoms. The highest BCUT2D eigenvalue weighted by molar-refractivity contribution is 7.08. The molecule has 1 aliphatic heterocycles. The van der Waals surface area contributed by atoms with E-state index in [1.54, 1.807) is 37.7 Å². The standard InChI is InChI=1S/C24H27N3O3S/c1-29-22-9-5-8-20(23(22)30-2)26-24(28)25-14-21(19-11-13-31-16-19)27-12-10-17-6-3-4-7-18(17)15-27/h3-9,11,13,16,21H,10,12,14-15H2,1-2H3,(H2,25,26,28). The third-order valence-corrected chi connectivity index (χ3v) is 6.34. The fraction of sp³-hybridized carbons (Fsp3) is 0.292. The Labute approximate surface area is 186 Å². The zero-order valence-electron chi connectivity index (χ0n) is 17.8. The monoisotopic (exact) mass is 437 g/mol. The molecule has 6 nitrogen and oxygen atoms in total. The van der Waals surface area contributed by atoms with Crippen molar-refractivity contribution in [1.29, 1.82) is 0 Å². The zero-order chi connectivity index (χ0) is 21.6. The number of carbonyl (C=O) groups is 1. The lowest BCUT2D eigenvalue weighted by atomic mass is 9.97. The number of anilines is 1. The maximum Gasteiger partial charge on any atom is 0.319 e. The van der Waals surface area contributed by atoms with Gasteiger partial charge in [0.15, 0.2) is 11.5 Å². The van der Waals surface area contributed by atoms with Crippen molar-refractivity contribution in [2.75, 3.05) is 32.6 Å². The summed E-state index contributed by atoms with van der Waals surface area (Å²) in [7, 11) is 3.13. The Morgan fingerprint density at radius 1 is 1.10 bits per heavy atom. The van der Waals surface area contributed by atoms with Crippen molar-refractivity contribution in [3.8, 4) is 11.5 Å². The van der Waals surface area contributed by atoms with Crippen LogP contribution in [0.1, 0.15) is 22.7 Å². The molecule has 2 heterocycles. The number of benzene rings is 2. The molecule has 1 atom stereocenters. The van der Waals surface area contributed by atoms with Crippen molar-refractivity contribution >= 4 is 23.1 Å². The van der Waals surface area contributed by atoms with E-state index >= 15 is 0 Å². The Kier molecular flexibility index (Phi) is 6.74. The van der Waals surface area contributed by atoms with Gasteiger partial charge in [0.1, 0.15) is 0 Å². The number of carbonyl (C=O) groups excluding carboxylic acids is 1. The fourth-order valence-corrected chi connectivity index (χ4v) is 4.75. The normalized spacial score (nSPS) is 14.4. The number of urea groups is 1. The Morgan fingerprint density at radius 2 is 1.94 bits per heavy atom. The van der Waals surface area contributed by atoms with E-state index in [2.05, 4.69) is 56.6 Å². The van der Waals surface area contributed by atoms with Gasteiger partial charge in [-0.2, -0.15) is 11.3 Å². The predicted molar refractivity (Wildman–Crippen MR) is 124 cm³/mol. The van der Waals surface area contributed by atoms with Gasteiger partial charge < -0.3 is 20.1 Å². The van der Waals surface area contributed by atoms with E-state index in [1.807, 2.05) is 6.07 Å². The first-order valence-corrected chi connectivity index (χ1v) is 11.2. The number of nitrogens with zero attached hydrogens (tertiary/aromatic N) is 1. The first kappa shape index (κ1) is 21.2. The molecule has 0 aliphatic carbocycles. The van der Waals surface area contributed by atoms with Gasteiger partial charge in [-0.15, -0.1) is 0 Å². The van der Waals surface area contributed by atoms with Crippen LogP contribution in [0.3, 0.4) is 0 Å². The first-order valence-electron chi connectivity index (χ1n) is 10.3. The van der Waals surface area contributed by atoms with Crippen LogP contribution in [0.25, 0.3) is 0 Å². The maximum atomic E-state index is 12.7. The van der Waals surface area contributed by atoms with E-state index in [1.165, 1.54) is 16.7 Å². The third kappa shape index (κ3) is 4.84. The third-order valence-electron chi connectivity index (χ3n) is 5.64. The number of methoxy groups -OCH3 is 2. The van der Waals surface area contributed by atoms with Gasteiger partial charge in [-0.05, 0) is 52.1 Å². The molecule has 31 heavy (non-hydrogen) atoms. The molecule has 0 spiro atoms. The summed E-state index contributed by atoms with van der Waals surface area (Å²) >= 11 is 1.68. The zero-order valence-corrected chi connectivity index (χ0v) is 18.6. The van der Waals surface area contributed by atoms with E-state index in [9.17, 15) is 4.79 Å². The summed E-state index contributed by atoms with van der Waals surface area (Å²) in [6.07, 6.45) is 1.02. The minimum atomic E-state index is -0.274. The maximum absolute atomic E-state index is 12.7. The summed E-state index contributed by atoms with van der Waals surface area (Å²) in [5, 5.41) is 10.2. The lowest BCUT2D eigenvalue weighted by Gasteiger charge is -2.35. The number of thiophene rings is 1. The van der Waals surface area contributed by atoms with Crippen LogP contribution >= 0.6 is 11.3 Å². The van der Waals surface area contributed by atoms with Gasteiger partial charge in [-0.3, -0.25) is 4.90 Å². The van der Waals surface area contributed by atoms with Gasteiger partial charge in [0.05, 0.1) is 25.9 Å². The average Bonchev–Trinajstić information content (AvgIpc) is 3.33. The van der Waals surface area contributed by atoms with Gasteiger partial charge in [0.2, 0.25) is 0 Å². The number of fused-ring (bicyclic) bond motifs is 1. The molecule has 3 aromatic rings. The number of amides is 2. The molecule has 162 valence electrons. The predicted octanol–water partition coefficient (Wildman–Crippen LogP) is 4.69. The second-order valence-corrected chi connectivity index (χ2v) is 8.22. The molecule has 2 N–H and O–H groups in total. The van der Waals surface area contributed by atoms with Crippen molar-refractivity contribution < 1.29 is 14.3 Å². The number of nitrogens with one attached hydrogen (secondary N) is 2. The van der Waals surface area contributed by atoms with Gasteiger partial charge in [-0.25, -0.2) is 4.79 Å². The summed E-state index contributed by atoms with van der Waals surface area (Å²) in [4.78, 5) is 15.1. The van der Waals surface area contributed by atoms with Crippen LogP contribution in [-0.4, -0.2) is 38.2 Å². The topological polar surface area (TPSA) is 62.8 Å². The second-order valence-electron chi connectivity index (χ2n) is 7.44. The SMILES string of the molecule is COc1cccc(NC(=O)NCC(c2ccsc2)N2CCc3ccccc3C2)c1OC. The van der Waals surface area contributed by atoms with Crippen molar-refractivity contribution in [2.45, 2.75) is 19.0 Å². The number of rotatable bonds is 7. The largest absolute Gasteiger partial charge is 0.493 e. The minimum Gasteiger partial charge on any atom is -0.493 e. The van der Waals surface area contributed by atoms with Crippen LogP contribution in [0.5, 0.6) is 11.5 Å². The molecule has 7 heteroatoms. The van der Waals surface area contributed by atoms with Crippen molar-refractivity contribution in [1.82, 2.24) is 10.2 Å². The molecule has 1 aromatic heterocycles. The Morgan fingerprint density at radius 3 is 2.68 bits per heavy atom. The molecule has 1 unspecified atom stereocenters. The van der Waals surface area contributed by atoms with Crippen molar-refractivity contribution in [2.24, 2.45) is 0 Å². The minimum absolute atomic E-state index is 0.109. The van der Waals surface area contributed by atoms with Crippen molar-refractivity contribution in [3.05, 3.63) is 76.0 Å². The highest BCUT2D eigenvalue weighted by Crippen LogP contribution is 2.34. The summed E-state index contributed by atoms with van der Waals surface area (Å²) in [5.41, 5.74) is 4.57. The van der Waals surface area contributed by atoms with Gasteiger partial charge in [0, 0.05) is 19.6 Å². The number of para-hydroxylation sites is 1. The van der Waals surface area contributed by atoms with Crippen LogP contribution < -0.4 is 20.1 Å². The highest BCUT2D eigenvalue weighted by atomic mass is 32.1. The molecule has 0 radical (unpaired) electrons. The van der Waals surface area contributed by atoms with Gasteiger partial charge in [-0.1, -0.05) is 30.3 Å². The van der Waals surface area contributed by atoms with Crippen LogP contribution in [-0.2, 0) is 13.0 Å². The average molecular weight is 438 g/mol.